The van der Waals surface area contributed by atoms with Crippen molar-refractivity contribution in [3.63, 3.8) is 0 Å². The SMILES string of the molecule is CCC(C(N)=O)N1CCC(NC(=O)c2oc(C(C)C)nc2C)CC1. The van der Waals surface area contributed by atoms with Crippen LogP contribution in [0.3, 0.4) is 0 Å². The largest absolute Gasteiger partial charge is 0.435 e. The molecule has 134 valence electrons. The summed E-state index contributed by atoms with van der Waals surface area (Å²) in [6.07, 6.45) is 2.29. The Balaban J connectivity index is 1.92. The molecule has 1 fully saturated rings. The number of aromatic nitrogens is 1. The van der Waals surface area contributed by atoms with Crippen LogP contribution in [0.2, 0.25) is 0 Å². The summed E-state index contributed by atoms with van der Waals surface area (Å²) in [5, 5.41) is 3.02. The third-order valence-electron chi connectivity index (χ3n) is 4.53. The van der Waals surface area contributed by atoms with E-state index in [1.54, 1.807) is 6.92 Å². The fourth-order valence-electron chi connectivity index (χ4n) is 3.12. The average Bonchev–Trinajstić information content (AvgIpc) is 2.91. The number of hydrogen-bond donors (Lipinski definition) is 2. The molecule has 0 bridgehead atoms. The lowest BCUT2D eigenvalue weighted by Gasteiger charge is -2.35. The zero-order valence-electron chi connectivity index (χ0n) is 15.0. The number of hydrogen-bond acceptors (Lipinski definition) is 5. The van der Waals surface area contributed by atoms with E-state index in [1.165, 1.54) is 0 Å². The zero-order valence-corrected chi connectivity index (χ0v) is 15.0. The number of nitrogens with zero attached hydrogens (tertiary/aromatic N) is 2. The summed E-state index contributed by atoms with van der Waals surface area (Å²) in [5.41, 5.74) is 6.06. The van der Waals surface area contributed by atoms with Crippen LogP contribution in [0, 0.1) is 6.92 Å². The molecule has 0 saturated carbocycles. The van der Waals surface area contributed by atoms with Crippen molar-refractivity contribution in [3.8, 4) is 0 Å². The van der Waals surface area contributed by atoms with Crippen molar-refractivity contribution in [2.45, 2.75) is 65.0 Å². The first-order valence-electron chi connectivity index (χ1n) is 8.65. The Morgan fingerprint density at radius 1 is 1.38 bits per heavy atom. The van der Waals surface area contributed by atoms with Gasteiger partial charge in [0.2, 0.25) is 11.7 Å². The highest BCUT2D eigenvalue weighted by Gasteiger charge is 2.29. The first-order chi connectivity index (χ1) is 11.3. The number of nitrogens with one attached hydrogen (secondary N) is 1. The third kappa shape index (κ3) is 4.14. The molecule has 24 heavy (non-hydrogen) atoms. The van der Waals surface area contributed by atoms with Gasteiger partial charge in [0.25, 0.3) is 5.91 Å². The van der Waals surface area contributed by atoms with Crippen molar-refractivity contribution in [1.29, 1.82) is 0 Å². The van der Waals surface area contributed by atoms with Crippen LogP contribution in [0.1, 0.15) is 68.1 Å². The Morgan fingerprint density at radius 2 is 2.00 bits per heavy atom. The molecular weight excluding hydrogens is 308 g/mol. The summed E-state index contributed by atoms with van der Waals surface area (Å²) in [6, 6.07) is -0.141. The normalized spacial score (nSPS) is 17.9. The highest BCUT2D eigenvalue weighted by molar-refractivity contribution is 5.92. The smallest absolute Gasteiger partial charge is 0.289 e. The third-order valence-corrected chi connectivity index (χ3v) is 4.53. The van der Waals surface area contributed by atoms with Gasteiger partial charge in [-0.15, -0.1) is 0 Å². The lowest BCUT2D eigenvalue weighted by Crippen LogP contribution is -2.51. The van der Waals surface area contributed by atoms with Crippen molar-refractivity contribution < 1.29 is 14.0 Å². The Labute approximate surface area is 143 Å². The minimum Gasteiger partial charge on any atom is -0.435 e. The van der Waals surface area contributed by atoms with E-state index in [2.05, 4.69) is 15.2 Å². The molecular formula is C17H28N4O3. The fraction of sp³-hybridized carbons (Fsp3) is 0.706. The van der Waals surface area contributed by atoms with Gasteiger partial charge < -0.3 is 15.5 Å². The van der Waals surface area contributed by atoms with Crippen LogP contribution in [0.25, 0.3) is 0 Å². The van der Waals surface area contributed by atoms with Crippen molar-refractivity contribution in [2.75, 3.05) is 13.1 Å². The topological polar surface area (TPSA) is 101 Å². The number of aryl methyl sites for hydroxylation is 1. The second-order valence-electron chi connectivity index (χ2n) is 6.73. The van der Waals surface area contributed by atoms with Crippen LogP contribution in [-0.2, 0) is 4.79 Å². The molecule has 1 saturated heterocycles. The lowest BCUT2D eigenvalue weighted by molar-refractivity contribution is -0.123. The van der Waals surface area contributed by atoms with E-state index in [1.807, 2.05) is 20.8 Å². The number of carbonyl (C=O) groups excluding carboxylic acids is 2. The van der Waals surface area contributed by atoms with Gasteiger partial charge in [-0.05, 0) is 26.2 Å². The average molecular weight is 336 g/mol. The molecule has 2 rings (SSSR count). The summed E-state index contributed by atoms with van der Waals surface area (Å²) in [4.78, 5) is 30.3. The number of likely N-dealkylation sites (tertiary alicyclic amines) is 1. The summed E-state index contributed by atoms with van der Waals surface area (Å²) in [5.74, 6) is 0.531. The van der Waals surface area contributed by atoms with Gasteiger partial charge in [-0.3, -0.25) is 14.5 Å². The molecule has 1 unspecified atom stereocenters. The predicted octanol–water partition coefficient (Wildman–Crippen LogP) is 1.56. The maximum absolute atomic E-state index is 12.4. The molecule has 2 heterocycles. The number of amides is 2. The molecule has 1 aromatic rings. The van der Waals surface area contributed by atoms with E-state index >= 15 is 0 Å². The Kier molecular flexibility index (Phi) is 5.99. The molecule has 7 nitrogen and oxygen atoms in total. The van der Waals surface area contributed by atoms with E-state index < -0.39 is 0 Å². The molecule has 0 aliphatic carbocycles. The lowest BCUT2D eigenvalue weighted by atomic mass is 10.0. The number of oxazole rings is 1. The molecule has 1 atom stereocenters. The van der Waals surface area contributed by atoms with Gasteiger partial charge >= 0.3 is 0 Å². The molecule has 3 N–H and O–H groups in total. The highest BCUT2D eigenvalue weighted by Crippen LogP contribution is 2.19. The standard InChI is InChI=1S/C17H28N4O3/c1-5-13(15(18)22)21-8-6-12(7-9-21)20-16(23)14-11(4)19-17(24-14)10(2)3/h10,12-13H,5-9H2,1-4H3,(H2,18,22)(H,20,23). The molecule has 1 aromatic heterocycles. The van der Waals surface area contributed by atoms with E-state index in [9.17, 15) is 9.59 Å². The highest BCUT2D eigenvalue weighted by atomic mass is 16.4. The minimum absolute atomic E-state index is 0.0751. The summed E-state index contributed by atoms with van der Waals surface area (Å²) in [6.45, 7) is 9.20. The van der Waals surface area contributed by atoms with Crippen LogP contribution >= 0.6 is 0 Å². The van der Waals surface area contributed by atoms with E-state index in [0.717, 1.165) is 25.9 Å². The van der Waals surface area contributed by atoms with Crippen molar-refractivity contribution in [1.82, 2.24) is 15.2 Å². The van der Waals surface area contributed by atoms with Gasteiger partial charge in [-0.1, -0.05) is 20.8 Å². The van der Waals surface area contributed by atoms with Gasteiger partial charge in [-0.25, -0.2) is 4.98 Å². The number of nitrogens with two attached hydrogens (primary N) is 1. The second-order valence-corrected chi connectivity index (χ2v) is 6.73. The Hall–Kier alpha value is -1.89. The summed E-state index contributed by atoms with van der Waals surface area (Å²) < 4.78 is 5.59. The van der Waals surface area contributed by atoms with E-state index in [4.69, 9.17) is 10.2 Å². The zero-order chi connectivity index (χ0) is 17.9. The molecule has 1 aliphatic rings. The Bertz CT molecular complexity index is 589. The molecule has 7 heteroatoms. The number of primary amides is 1. The van der Waals surface area contributed by atoms with Crippen LogP contribution in [0.15, 0.2) is 4.42 Å². The van der Waals surface area contributed by atoms with Gasteiger partial charge in [0, 0.05) is 25.0 Å². The van der Waals surface area contributed by atoms with Crippen LogP contribution < -0.4 is 11.1 Å². The Morgan fingerprint density at radius 3 is 2.46 bits per heavy atom. The maximum Gasteiger partial charge on any atom is 0.289 e. The summed E-state index contributed by atoms with van der Waals surface area (Å²) >= 11 is 0. The van der Waals surface area contributed by atoms with Crippen LogP contribution in [0.4, 0.5) is 0 Å². The van der Waals surface area contributed by atoms with Gasteiger partial charge in [0.05, 0.1) is 11.7 Å². The molecule has 0 spiro atoms. The minimum atomic E-state index is -0.279. The van der Waals surface area contributed by atoms with Crippen molar-refractivity contribution in [3.05, 3.63) is 17.3 Å². The number of piperidine rings is 1. The molecule has 1 aliphatic heterocycles. The number of rotatable bonds is 6. The number of carbonyl (C=O) groups is 2. The second kappa shape index (κ2) is 7.79. The maximum atomic E-state index is 12.4. The van der Waals surface area contributed by atoms with Crippen molar-refractivity contribution in [2.24, 2.45) is 5.73 Å². The first-order valence-corrected chi connectivity index (χ1v) is 8.65. The molecule has 0 aromatic carbocycles. The predicted molar refractivity (Wildman–Crippen MR) is 90.7 cm³/mol. The van der Waals surface area contributed by atoms with Gasteiger partial charge in [-0.2, -0.15) is 0 Å². The van der Waals surface area contributed by atoms with E-state index in [-0.39, 0.29) is 29.8 Å². The van der Waals surface area contributed by atoms with Crippen LogP contribution in [0.5, 0.6) is 0 Å². The fourth-order valence-corrected chi connectivity index (χ4v) is 3.12. The molecule has 2 amide bonds. The van der Waals surface area contributed by atoms with Gasteiger partial charge in [0.1, 0.15) is 0 Å². The monoisotopic (exact) mass is 336 g/mol. The first kappa shape index (κ1) is 18.4. The summed E-state index contributed by atoms with van der Waals surface area (Å²) in [7, 11) is 0. The van der Waals surface area contributed by atoms with Gasteiger partial charge in [0.15, 0.2) is 5.89 Å². The molecule has 0 radical (unpaired) electrons. The van der Waals surface area contributed by atoms with Crippen LogP contribution in [-0.4, -0.2) is 46.9 Å². The quantitative estimate of drug-likeness (QED) is 0.821. The van der Waals surface area contributed by atoms with E-state index in [0.29, 0.717) is 23.8 Å². The van der Waals surface area contributed by atoms with Crippen molar-refractivity contribution >= 4 is 11.8 Å².